The van der Waals surface area contributed by atoms with Crippen LogP contribution in [0.4, 0.5) is 0 Å². The normalized spacial score (nSPS) is 10.1. The molecule has 11 heavy (non-hydrogen) atoms. The predicted molar refractivity (Wildman–Crippen MR) is 48.1 cm³/mol. The van der Waals surface area contributed by atoms with Gasteiger partial charge in [0.2, 0.25) is 0 Å². The van der Waals surface area contributed by atoms with Crippen LogP contribution in [0.25, 0.3) is 5.57 Å². The van der Waals surface area contributed by atoms with Gasteiger partial charge in [-0.25, -0.2) is 0 Å². The summed E-state index contributed by atoms with van der Waals surface area (Å²) in [6.07, 6.45) is 3.62. The molecule has 0 aromatic carbocycles. The molecule has 0 aliphatic heterocycles. The standard InChI is InChI=1S/C10H13N/c1-8(2)9(3)10-5-4-6-11-7-10/h4-8H,3H2,1-2H3. The Morgan fingerprint density at radius 2 is 2.27 bits per heavy atom. The van der Waals surface area contributed by atoms with Crippen molar-refractivity contribution in [3.63, 3.8) is 0 Å². The van der Waals surface area contributed by atoms with E-state index >= 15 is 0 Å². The highest BCUT2D eigenvalue weighted by Gasteiger charge is 2.01. The smallest absolute Gasteiger partial charge is 0.0342 e. The third-order valence-electron chi connectivity index (χ3n) is 1.73. The molecule has 1 aromatic heterocycles. The maximum Gasteiger partial charge on any atom is 0.0342 e. The van der Waals surface area contributed by atoms with Gasteiger partial charge in [0.05, 0.1) is 0 Å². The molecule has 0 bridgehead atoms. The zero-order valence-corrected chi connectivity index (χ0v) is 7.04. The number of nitrogens with zero attached hydrogens (tertiary/aromatic N) is 1. The molecule has 0 saturated carbocycles. The number of rotatable bonds is 2. The van der Waals surface area contributed by atoms with Crippen molar-refractivity contribution in [2.24, 2.45) is 5.92 Å². The first-order valence-electron chi connectivity index (χ1n) is 3.81. The average Bonchev–Trinajstić information content (AvgIpc) is 2.05. The lowest BCUT2D eigenvalue weighted by molar-refractivity contribution is 0.856. The van der Waals surface area contributed by atoms with Crippen LogP contribution in [0.1, 0.15) is 19.4 Å². The van der Waals surface area contributed by atoms with Gasteiger partial charge in [0.15, 0.2) is 0 Å². The van der Waals surface area contributed by atoms with Crippen molar-refractivity contribution in [3.05, 3.63) is 36.7 Å². The van der Waals surface area contributed by atoms with Gasteiger partial charge in [-0.15, -0.1) is 0 Å². The minimum absolute atomic E-state index is 0.499. The monoisotopic (exact) mass is 147 g/mol. The third-order valence-corrected chi connectivity index (χ3v) is 1.73. The molecule has 0 atom stereocenters. The highest BCUT2D eigenvalue weighted by Crippen LogP contribution is 2.18. The van der Waals surface area contributed by atoms with Crippen molar-refractivity contribution in [1.29, 1.82) is 0 Å². The van der Waals surface area contributed by atoms with E-state index in [9.17, 15) is 0 Å². The van der Waals surface area contributed by atoms with Crippen LogP contribution in [0.5, 0.6) is 0 Å². The summed E-state index contributed by atoms with van der Waals surface area (Å²) in [5.41, 5.74) is 2.29. The van der Waals surface area contributed by atoms with Gasteiger partial charge in [0, 0.05) is 12.4 Å². The molecule has 0 spiro atoms. The zero-order chi connectivity index (χ0) is 8.27. The minimum atomic E-state index is 0.499. The van der Waals surface area contributed by atoms with Crippen LogP contribution < -0.4 is 0 Å². The van der Waals surface area contributed by atoms with Crippen LogP contribution in [0, 0.1) is 5.92 Å². The summed E-state index contributed by atoms with van der Waals surface area (Å²) < 4.78 is 0. The lowest BCUT2D eigenvalue weighted by Gasteiger charge is -2.07. The second-order valence-corrected chi connectivity index (χ2v) is 2.92. The van der Waals surface area contributed by atoms with Gasteiger partial charge in [0.25, 0.3) is 0 Å². The molecule has 1 nitrogen and oxygen atoms in total. The summed E-state index contributed by atoms with van der Waals surface area (Å²) >= 11 is 0. The van der Waals surface area contributed by atoms with E-state index < -0.39 is 0 Å². The number of aromatic nitrogens is 1. The molecule has 58 valence electrons. The summed E-state index contributed by atoms with van der Waals surface area (Å²) in [7, 11) is 0. The SMILES string of the molecule is C=C(c1cccnc1)C(C)C. The number of pyridine rings is 1. The molecule has 0 aliphatic carbocycles. The maximum absolute atomic E-state index is 4.03. The summed E-state index contributed by atoms with van der Waals surface area (Å²) in [5.74, 6) is 0.499. The molecule has 1 aromatic rings. The molecule has 1 rings (SSSR count). The summed E-state index contributed by atoms with van der Waals surface area (Å²) in [4.78, 5) is 4.03. The van der Waals surface area contributed by atoms with E-state index in [1.165, 1.54) is 0 Å². The Bertz CT molecular complexity index is 236. The second kappa shape index (κ2) is 3.33. The van der Waals surface area contributed by atoms with E-state index in [4.69, 9.17) is 0 Å². The van der Waals surface area contributed by atoms with Crippen molar-refractivity contribution in [2.75, 3.05) is 0 Å². The molecule has 0 fully saturated rings. The van der Waals surface area contributed by atoms with E-state index in [-0.39, 0.29) is 0 Å². The van der Waals surface area contributed by atoms with E-state index in [1.54, 1.807) is 6.20 Å². The average molecular weight is 147 g/mol. The van der Waals surface area contributed by atoms with Gasteiger partial charge >= 0.3 is 0 Å². The number of hydrogen-bond acceptors (Lipinski definition) is 1. The lowest BCUT2D eigenvalue weighted by Crippen LogP contribution is -1.91. The van der Waals surface area contributed by atoms with Crippen molar-refractivity contribution < 1.29 is 0 Å². The second-order valence-electron chi connectivity index (χ2n) is 2.92. The van der Waals surface area contributed by atoms with Gasteiger partial charge in [-0.1, -0.05) is 26.5 Å². The summed E-state index contributed by atoms with van der Waals surface area (Å²) in [6, 6.07) is 3.97. The Morgan fingerprint density at radius 1 is 1.55 bits per heavy atom. The quantitative estimate of drug-likeness (QED) is 0.626. The van der Waals surface area contributed by atoms with Gasteiger partial charge in [-0.3, -0.25) is 4.98 Å². The van der Waals surface area contributed by atoms with Gasteiger partial charge < -0.3 is 0 Å². The van der Waals surface area contributed by atoms with Crippen LogP contribution in [0.15, 0.2) is 31.1 Å². The Kier molecular flexibility index (Phi) is 2.42. The van der Waals surface area contributed by atoms with E-state index in [1.807, 2.05) is 18.3 Å². The first kappa shape index (κ1) is 7.99. The van der Waals surface area contributed by atoms with E-state index in [2.05, 4.69) is 25.4 Å². The van der Waals surface area contributed by atoms with Crippen LogP contribution >= 0.6 is 0 Å². The van der Waals surface area contributed by atoms with Crippen LogP contribution in [-0.2, 0) is 0 Å². The largest absolute Gasteiger partial charge is 0.264 e. The first-order chi connectivity index (χ1) is 5.22. The fourth-order valence-corrected chi connectivity index (χ4v) is 0.886. The Labute approximate surface area is 67.8 Å². The zero-order valence-electron chi connectivity index (χ0n) is 7.04. The van der Waals surface area contributed by atoms with Crippen molar-refractivity contribution in [2.45, 2.75) is 13.8 Å². The highest BCUT2D eigenvalue weighted by atomic mass is 14.6. The summed E-state index contributed by atoms with van der Waals surface area (Å²) in [5, 5.41) is 0. The van der Waals surface area contributed by atoms with Crippen LogP contribution in [0.2, 0.25) is 0 Å². The molecule has 0 amide bonds. The maximum atomic E-state index is 4.03. The van der Waals surface area contributed by atoms with Gasteiger partial charge in [0.1, 0.15) is 0 Å². The fourth-order valence-electron chi connectivity index (χ4n) is 0.886. The van der Waals surface area contributed by atoms with Crippen molar-refractivity contribution in [3.8, 4) is 0 Å². The van der Waals surface area contributed by atoms with Crippen molar-refractivity contribution >= 4 is 5.57 Å². The number of hydrogen-bond donors (Lipinski definition) is 0. The Hall–Kier alpha value is -1.11. The third kappa shape index (κ3) is 1.90. The predicted octanol–water partition coefficient (Wildman–Crippen LogP) is 2.75. The molecule has 0 aliphatic rings. The Morgan fingerprint density at radius 3 is 2.73 bits per heavy atom. The summed E-state index contributed by atoms with van der Waals surface area (Å²) in [6.45, 7) is 8.25. The van der Waals surface area contributed by atoms with E-state index in [0.717, 1.165) is 11.1 Å². The van der Waals surface area contributed by atoms with Crippen LogP contribution in [0.3, 0.4) is 0 Å². The van der Waals surface area contributed by atoms with Gasteiger partial charge in [-0.05, 0) is 23.1 Å². The molecule has 1 heteroatoms. The first-order valence-corrected chi connectivity index (χ1v) is 3.81. The molecule has 1 heterocycles. The Balaban J connectivity index is 2.86. The van der Waals surface area contributed by atoms with Crippen molar-refractivity contribution in [1.82, 2.24) is 4.98 Å². The molecule has 0 radical (unpaired) electrons. The van der Waals surface area contributed by atoms with Gasteiger partial charge in [-0.2, -0.15) is 0 Å². The lowest BCUT2D eigenvalue weighted by atomic mass is 9.99. The molecule has 0 saturated heterocycles. The topological polar surface area (TPSA) is 12.9 Å². The molecule has 0 unspecified atom stereocenters. The van der Waals surface area contributed by atoms with E-state index in [0.29, 0.717) is 5.92 Å². The molecular formula is C10H13N. The number of allylic oxidation sites excluding steroid dienone is 1. The van der Waals surface area contributed by atoms with Crippen LogP contribution in [-0.4, -0.2) is 4.98 Å². The highest BCUT2D eigenvalue weighted by molar-refractivity contribution is 5.63. The minimum Gasteiger partial charge on any atom is -0.264 e. The molecular weight excluding hydrogens is 134 g/mol. The molecule has 0 N–H and O–H groups in total. The fraction of sp³-hybridized carbons (Fsp3) is 0.300.